The average molecular weight is 286 g/mol. The Balaban J connectivity index is 2.49. The highest BCUT2D eigenvalue weighted by Gasteiger charge is 2.17. The third-order valence-electron chi connectivity index (χ3n) is 3.94. The molecule has 0 aliphatic carbocycles. The predicted molar refractivity (Wildman–Crippen MR) is 82.7 cm³/mol. The Labute approximate surface area is 120 Å². The molecule has 0 saturated carbocycles. The highest BCUT2D eigenvalue weighted by Crippen LogP contribution is 2.25. The Morgan fingerprint density at radius 2 is 2.10 bits per heavy atom. The second-order valence-electron chi connectivity index (χ2n) is 5.24. The predicted octanol–water partition coefficient (Wildman–Crippen LogP) is 2.32. The summed E-state index contributed by atoms with van der Waals surface area (Å²) in [6, 6.07) is 1.93. The maximum Gasteiger partial charge on any atom is 0.329 e. The van der Waals surface area contributed by atoms with Gasteiger partial charge in [0, 0.05) is 23.8 Å². The molecule has 1 unspecified atom stereocenters. The van der Waals surface area contributed by atoms with E-state index < -0.39 is 0 Å². The van der Waals surface area contributed by atoms with Gasteiger partial charge in [-0.15, -0.1) is 0 Å². The molecule has 0 aliphatic rings. The molecule has 110 valence electrons. The molecular weight excluding hydrogens is 268 g/mol. The van der Waals surface area contributed by atoms with E-state index >= 15 is 0 Å². The van der Waals surface area contributed by atoms with Gasteiger partial charge < -0.3 is 4.98 Å². The number of nitrogens with zero attached hydrogens (tertiary/aromatic N) is 2. The standard InChI is InChI=1S/C15H18N4O2/c1-3-5-9(4-2)19-12-10-6-7-16-13(10)17-8-11(12)14(20)18-15(19)21/h6-9H,3-5H2,1-2H3,(H,16,17)(H,18,20,21). The van der Waals surface area contributed by atoms with Crippen LogP contribution in [0.4, 0.5) is 0 Å². The van der Waals surface area contributed by atoms with E-state index in [-0.39, 0.29) is 17.3 Å². The molecule has 0 aliphatic heterocycles. The zero-order chi connectivity index (χ0) is 15.0. The minimum atomic E-state index is -0.381. The lowest BCUT2D eigenvalue weighted by atomic mass is 10.1. The van der Waals surface area contributed by atoms with Crippen molar-refractivity contribution in [2.24, 2.45) is 0 Å². The van der Waals surface area contributed by atoms with Crippen LogP contribution in [0.1, 0.15) is 39.2 Å². The first kappa shape index (κ1) is 13.6. The summed E-state index contributed by atoms with van der Waals surface area (Å²) < 4.78 is 1.72. The number of H-pyrrole nitrogens is 2. The SMILES string of the molecule is CCCC(CC)n1c(=O)[nH]c(=O)c2cnc3[nH]ccc3c21. The van der Waals surface area contributed by atoms with Gasteiger partial charge in [-0.2, -0.15) is 0 Å². The number of nitrogens with one attached hydrogen (secondary N) is 2. The lowest BCUT2D eigenvalue weighted by molar-refractivity contribution is 0.442. The fourth-order valence-electron chi connectivity index (χ4n) is 2.94. The maximum absolute atomic E-state index is 12.4. The van der Waals surface area contributed by atoms with Gasteiger partial charge in [-0.25, -0.2) is 9.78 Å². The van der Waals surface area contributed by atoms with E-state index in [4.69, 9.17) is 0 Å². The topological polar surface area (TPSA) is 83.5 Å². The highest BCUT2D eigenvalue weighted by molar-refractivity contribution is 6.01. The molecule has 3 heterocycles. The summed E-state index contributed by atoms with van der Waals surface area (Å²) in [5.41, 5.74) is 0.637. The molecule has 0 amide bonds. The zero-order valence-corrected chi connectivity index (χ0v) is 12.1. The first-order valence-corrected chi connectivity index (χ1v) is 7.28. The molecule has 0 saturated heterocycles. The van der Waals surface area contributed by atoms with E-state index in [1.807, 2.05) is 6.07 Å². The second-order valence-corrected chi connectivity index (χ2v) is 5.24. The van der Waals surface area contributed by atoms with E-state index in [2.05, 4.69) is 28.8 Å². The van der Waals surface area contributed by atoms with Gasteiger partial charge in [-0.1, -0.05) is 20.3 Å². The molecule has 3 aromatic rings. The molecule has 3 rings (SSSR count). The van der Waals surface area contributed by atoms with Crippen molar-refractivity contribution in [1.82, 2.24) is 19.5 Å². The van der Waals surface area contributed by atoms with Gasteiger partial charge in [-0.05, 0) is 18.9 Å². The Morgan fingerprint density at radius 3 is 2.81 bits per heavy atom. The second kappa shape index (κ2) is 5.20. The summed E-state index contributed by atoms with van der Waals surface area (Å²) in [4.78, 5) is 34.1. The van der Waals surface area contributed by atoms with Crippen LogP contribution in [0.15, 0.2) is 28.0 Å². The Bertz CT molecular complexity index is 903. The number of aromatic amines is 2. The third-order valence-corrected chi connectivity index (χ3v) is 3.94. The van der Waals surface area contributed by atoms with Crippen LogP contribution in [-0.4, -0.2) is 19.5 Å². The molecule has 0 radical (unpaired) electrons. The smallest absolute Gasteiger partial charge is 0.329 e. The van der Waals surface area contributed by atoms with Crippen molar-refractivity contribution < 1.29 is 0 Å². The molecule has 3 aromatic heterocycles. The van der Waals surface area contributed by atoms with Crippen LogP contribution in [0.3, 0.4) is 0 Å². The minimum Gasteiger partial charge on any atom is -0.346 e. The van der Waals surface area contributed by atoms with Crippen LogP contribution in [0, 0.1) is 0 Å². The summed E-state index contributed by atoms with van der Waals surface area (Å²) in [7, 11) is 0. The Morgan fingerprint density at radius 1 is 1.29 bits per heavy atom. The van der Waals surface area contributed by atoms with Gasteiger partial charge in [0.1, 0.15) is 5.65 Å². The molecular formula is C15H18N4O2. The highest BCUT2D eigenvalue weighted by atomic mass is 16.2. The lowest BCUT2D eigenvalue weighted by Crippen LogP contribution is -2.33. The monoisotopic (exact) mass is 286 g/mol. The molecule has 6 nitrogen and oxygen atoms in total. The third kappa shape index (κ3) is 2.07. The molecule has 1 atom stereocenters. The number of fused-ring (bicyclic) bond motifs is 3. The van der Waals surface area contributed by atoms with E-state index in [1.54, 1.807) is 10.8 Å². The van der Waals surface area contributed by atoms with Crippen LogP contribution in [-0.2, 0) is 0 Å². The van der Waals surface area contributed by atoms with Crippen molar-refractivity contribution in [2.45, 2.75) is 39.2 Å². The average Bonchev–Trinajstić information content (AvgIpc) is 2.94. The minimum absolute atomic E-state index is 0.0716. The van der Waals surface area contributed by atoms with E-state index in [0.717, 1.165) is 24.6 Å². The Hall–Kier alpha value is -2.37. The van der Waals surface area contributed by atoms with Crippen LogP contribution < -0.4 is 11.2 Å². The first-order chi connectivity index (χ1) is 10.2. The zero-order valence-electron chi connectivity index (χ0n) is 12.1. The molecule has 0 bridgehead atoms. The van der Waals surface area contributed by atoms with Gasteiger partial charge >= 0.3 is 5.69 Å². The normalized spacial score (nSPS) is 13.0. The molecule has 0 fully saturated rings. The summed E-state index contributed by atoms with van der Waals surface area (Å²) >= 11 is 0. The van der Waals surface area contributed by atoms with Crippen molar-refractivity contribution >= 4 is 21.9 Å². The fraction of sp³-hybridized carbons (Fsp3) is 0.400. The number of pyridine rings is 1. The largest absolute Gasteiger partial charge is 0.346 e. The molecule has 6 heteroatoms. The van der Waals surface area contributed by atoms with E-state index in [1.165, 1.54) is 6.20 Å². The van der Waals surface area contributed by atoms with Crippen LogP contribution in [0.25, 0.3) is 21.9 Å². The number of aromatic nitrogens is 4. The van der Waals surface area contributed by atoms with Crippen molar-refractivity contribution in [3.63, 3.8) is 0 Å². The van der Waals surface area contributed by atoms with Crippen LogP contribution in [0.2, 0.25) is 0 Å². The van der Waals surface area contributed by atoms with Crippen LogP contribution >= 0.6 is 0 Å². The molecule has 2 N–H and O–H groups in total. The van der Waals surface area contributed by atoms with Crippen LogP contribution in [0.5, 0.6) is 0 Å². The van der Waals surface area contributed by atoms with Gasteiger partial charge in [-0.3, -0.25) is 14.3 Å². The van der Waals surface area contributed by atoms with E-state index in [9.17, 15) is 9.59 Å². The maximum atomic E-state index is 12.4. The first-order valence-electron chi connectivity index (χ1n) is 7.28. The fourth-order valence-corrected chi connectivity index (χ4v) is 2.94. The Kier molecular flexibility index (Phi) is 3.37. The number of rotatable bonds is 4. The quantitative estimate of drug-likeness (QED) is 0.772. The lowest BCUT2D eigenvalue weighted by Gasteiger charge is -2.19. The van der Waals surface area contributed by atoms with E-state index in [0.29, 0.717) is 16.6 Å². The van der Waals surface area contributed by atoms with Gasteiger partial charge in [0.2, 0.25) is 0 Å². The molecule has 0 spiro atoms. The number of hydrogen-bond acceptors (Lipinski definition) is 3. The summed E-state index contributed by atoms with van der Waals surface area (Å²) in [5, 5.41) is 1.27. The molecule has 21 heavy (non-hydrogen) atoms. The van der Waals surface area contributed by atoms with Gasteiger partial charge in [0.15, 0.2) is 0 Å². The van der Waals surface area contributed by atoms with Crippen molar-refractivity contribution in [3.05, 3.63) is 39.3 Å². The van der Waals surface area contributed by atoms with Crippen molar-refractivity contribution in [1.29, 1.82) is 0 Å². The summed E-state index contributed by atoms with van der Waals surface area (Å²) in [5.74, 6) is 0. The van der Waals surface area contributed by atoms with Crippen molar-refractivity contribution in [3.8, 4) is 0 Å². The summed E-state index contributed by atoms with van der Waals surface area (Å²) in [6.07, 6.45) is 6.01. The number of hydrogen-bond donors (Lipinski definition) is 2. The van der Waals surface area contributed by atoms with Gasteiger partial charge in [0.25, 0.3) is 5.56 Å². The van der Waals surface area contributed by atoms with Crippen molar-refractivity contribution in [2.75, 3.05) is 0 Å². The summed E-state index contributed by atoms with van der Waals surface area (Å²) in [6.45, 7) is 4.15. The molecule has 0 aromatic carbocycles. The van der Waals surface area contributed by atoms with Gasteiger partial charge in [0.05, 0.1) is 10.9 Å².